The Morgan fingerprint density at radius 1 is 1.58 bits per heavy atom. The number of benzene rings is 1. The van der Waals surface area contributed by atoms with Gasteiger partial charge in [0.25, 0.3) is 0 Å². The minimum Gasteiger partial charge on any atom is -0.491 e. The first kappa shape index (κ1) is 13.5. The van der Waals surface area contributed by atoms with Crippen LogP contribution in [0.15, 0.2) is 12.1 Å². The molecule has 0 bridgehead atoms. The van der Waals surface area contributed by atoms with Gasteiger partial charge in [-0.2, -0.15) is 0 Å². The van der Waals surface area contributed by atoms with E-state index in [-0.39, 0.29) is 23.4 Å². The van der Waals surface area contributed by atoms with Gasteiger partial charge in [0, 0.05) is 25.7 Å². The Hall–Kier alpha value is -1.98. The van der Waals surface area contributed by atoms with E-state index in [0.717, 1.165) is 0 Å². The maximum absolute atomic E-state index is 13.6. The molecule has 1 aromatic carbocycles. The summed E-state index contributed by atoms with van der Waals surface area (Å²) in [5.74, 6) is -0.348. The number of hydrogen-bond acceptors (Lipinski definition) is 4. The molecule has 2 rings (SSSR count). The van der Waals surface area contributed by atoms with Gasteiger partial charge in [-0.15, -0.1) is 0 Å². The number of amides is 1. The molecule has 0 radical (unpaired) electrons. The van der Waals surface area contributed by atoms with Gasteiger partial charge in [-0.25, -0.2) is 4.39 Å². The Labute approximate surface area is 111 Å². The van der Waals surface area contributed by atoms with Crippen LogP contribution in [0.4, 0.5) is 15.8 Å². The molecule has 0 saturated carbocycles. The molecule has 1 fully saturated rings. The lowest BCUT2D eigenvalue weighted by Gasteiger charge is -2.16. The molecule has 1 aromatic rings. The molecule has 3 N–H and O–H groups in total. The van der Waals surface area contributed by atoms with Crippen LogP contribution in [-0.4, -0.2) is 37.0 Å². The first-order valence-corrected chi connectivity index (χ1v) is 6.26. The van der Waals surface area contributed by atoms with Crippen LogP contribution in [0.1, 0.15) is 13.3 Å². The topological polar surface area (TPSA) is 67.6 Å². The molecule has 1 aliphatic heterocycles. The number of hydrogen-bond donors (Lipinski definition) is 2. The monoisotopic (exact) mass is 267 g/mol. The quantitative estimate of drug-likeness (QED) is 0.810. The van der Waals surface area contributed by atoms with E-state index in [4.69, 9.17) is 10.5 Å². The molecule has 104 valence electrons. The average Bonchev–Trinajstić information content (AvgIpc) is 2.67. The smallest absolute Gasteiger partial charge is 0.244 e. The number of nitrogen functional groups attached to an aromatic ring is 1. The molecule has 1 amide bonds. The Kier molecular flexibility index (Phi) is 3.78. The first-order valence-electron chi connectivity index (χ1n) is 6.26. The van der Waals surface area contributed by atoms with E-state index in [9.17, 15) is 9.18 Å². The largest absolute Gasteiger partial charge is 0.491 e. The van der Waals surface area contributed by atoms with Gasteiger partial charge in [0.15, 0.2) is 11.6 Å². The highest BCUT2D eigenvalue weighted by Crippen LogP contribution is 2.29. The summed E-state index contributed by atoms with van der Waals surface area (Å²) in [5, 5.41) is 3.05. The van der Waals surface area contributed by atoms with Crippen molar-refractivity contribution in [3.63, 3.8) is 0 Å². The zero-order chi connectivity index (χ0) is 14.0. The second kappa shape index (κ2) is 5.34. The summed E-state index contributed by atoms with van der Waals surface area (Å²) < 4.78 is 18.7. The molecule has 1 unspecified atom stereocenters. The molecule has 0 spiro atoms. The fourth-order valence-electron chi connectivity index (χ4n) is 2.10. The minimum absolute atomic E-state index is 0.0154. The maximum Gasteiger partial charge on any atom is 0.244 e. The number of nitrogens with two attached hydrogens (primary N) is 1. The van der Waals surface area contributed by atoms with Crippen molar-refractivity contribution < 1.29 is 13.9 Å². The average molecular weight is 267 g/mol. The summed E-state index contributed by atoms with van der Waals surface area (Å²) in [6.07, 6.45) is 0.704. The van der Waals surface area contributed by atoms with Crippen molar-refractivity contribution in [2.75, 3.05) is 31.2 Å². The zero-order valence-electron chi connectivity index (χ0n) is 11.1. The van der Waals surface area contributed by atoms with Crippen LogP contribution >= 0.6 is 0 Å². The van der Waals surface area contributed by atoms with Crippen molar-refractivity contribution in [2.45, 2.75) is 19.4 Å². The van der Waals surface area contributed by atoms with Gasteiger partial charge in [0.2, 0.25) is 5.91 Å². The molecule has 6 heteroatoms. The molecule has 0 aromatic heterocycles. The number of nitrogens with one attached hydrogen (secondary N) is 1. The van der Waals surface area contributed by atoms with Gasteiger partial charge in [0.1, 0.15) is 6.04 Å². The van der Waals surface area contributed by atoms with Crippen molar-refractivity contribution >= 4 is 17.3 Å². The van der Waals surface area contributed by atoms with E-state index in [1.54, 1.807) is 18.9 Å². The molecule has 1 heterocycles. The zero-order valence-corrected chi connectivity index (χ0v) is 11.1. The molecule has 0 aliphatic carbocycles. The number of likely N-dealkylation sites (tertiary alicyclic amines) is 1. The third kappa shape index (κ3) is 2.72. The molecular formula is C13H18FN3O2. The molecule has 1 saturated heterocycles. The summed E-state index contributed by atoms with van der Waals surface area (Å²) in [6.45, 7) is 2.85. The summed E-state index contributed by atoms with van der Waals surface area (Å²) >= 11 is 0. The van der Waals surface area contributed by atoms with Crippen LogP contribution in [0.25, 0.3) is 0 Å². The number of carbonyl (C=O) groups is 1. The van der Waals surface area contributed by atoms with Crippen LogP contribution in [0.5, 0.6) is 5.75 Å². The molecule has 1 aliphatic rings. The fourth-order valence-corrected chi connectivity index (χ4v) is 2.10. The Morgan fingerprint density at radius 2 is 2.32 bits per heavy atom. The number of nitrogens with zero attached hydrogens (tertiary/aromatic N) is 1. The molecule has 19 heavy (non-hydrogen) atoms. The van der Waals surface area contributed by atoms with Crippen molar-refractivity contribution in [3.05, 3.63) is 17.9 Å². The van der Waals surface area contributed by atoms with Crippen molar-refractivity contribution in [1.29, 1.82) is 0 Å². The number of carbonyl (C=O) groups excluding carboxylic acids is 1. The van der Waals surface area contributed by atoms with Gasteiger partial charge in [-0.1, -0.05) is 0 Å². The van der Waals surface area contributed by atoms with Gasteiger partial charge < -0.3 is 20.7 Å². The molecule has 1 atom stereocenters. The predicted molar refractivity (Wildman–Crippen MR) is 71.6 cm³/mol. The summed E-state index contributed by atoms with van der Waals surface area (Å²) in [4.78, 5) is 13.5. The normalized spacial score (nSPS) is 18.8. The number of halogens is 1. The van der Waals surface area contributed by atoms with Gasteiger partial charge in [-0.3, -0.25) is 4.79 Å². The van der Waals surface area contributed by atoms with Gasteiger partial charge in [-0.05, 0) is 13.3 Å². The van der Waals surface area contributed by atoms with Crippen molar-refractivity contribution in [1.82, 2.24) is 4.90 Å². The highest BCUT2D eigenvalue weighted by Gasteiger charge is 2.29. The SMILES string of the molecule is CCOc1cc(NC2CCN(C)C2=O)c(N)cc1F. The lowest BCUT2D eigenvalue weighted by Crippen LogP contribution is -2.31. The fraction of sp³-hybridized carbons (Fsp3) is 0.462. The maximum atomic E-state index is 13.6. The van der Waals surface area contributed by atoms with E-state index in [1.807, 2.05) is 0 Å². The summed E-state index contributed by atoms with van der Waals surface area (Å²) in [7, 11) is 1.75. The van der Waals surface area contributed by atoms with Crippen LogP contribution in [-0.2, 0) is 4.79 Å². The van der Waals surface area contributed by atoms with Crippen molar-refractivity contribution in [3.8, 4) is 5.75 Å². The number of rotatable bonds is 4. The van der Waals surface area contributed by atoms with Gasteiger partial charge >= 0.3 is 0 Å². The highest BCUT2D eigenvalue weighted by molar-refractivity contribution is 5.87. The lowest BCUT2D eigenvalue weighted by molar-refractivity contribution is -0.127. The standard InChI is InChI=1S/C13H18FN3O2/c1-3-19-12-7-11(9(15)6-8(12)14)16-10-4-5-17(2)13(10)18/h6-7,10,16H,3-5,15H2,1-2H3. The van der Waals surface area contributed by atoms with E-state index >= 15 is 0 Å². The van der Waals surface area contributed by atoms with Crippen LogP contribution in [0.2, 0.25) is 0 Å². The second-order valence-corrected chi connectivity index (χ2v) is 4.55. The van der Waals surface area contributed by atoms with E-state index in [1.165, 1.54) is 12.1 Å². The summed E-state index contributed by atoms with van der Waals surface area (Å²) in [6, 6.07) is 2.39. The molecule has 5 nitrogen and oxygen atoms in total. The second-order valence-electron chi connectivity index (χ2n) is 4.55. The van der Waals surface area contributed by atoms with E-state index < -0.39 is 5.82 Å². The number of likely N-dealkylation sites (N-methyl/N-ethyl adjacent to an activating group) is 1. The van der Waals surface area contributed by atoms with E-state index in [0.29, 0.717) is 25.3 Å². The molecular weight excluding hydrogens is 249 g/mol. The highest BCUT2D eigenvalue weighted by atomic mass is 19.1. The number of ether oxygens (including phenoxy) is 1. The third-order valence-corrected chi connectivity index (χ3v) is 3.16. The lowest BCUT2D eigenvalue weighted by atomic mass is 10.2. The predicted octanol–water partition coefficient (Wildman–Crippen LogP) is 1.45. The van der Waals surface area contributed by atoms with Crippen molar-refractivity contribution in [2.24, 2.45) is 0 Å². The van der Waals surface area contributed by atoms with Gasteiger partial charge in [0.05, 0.1) is 18.0 Å². The Morgan fingerprint density at radius 3 is 2.89 bits per heavy atom. The Balaban J connectivity index is 2.20. The van der Waals surface area contributed by atoms with Crippen LogP contribution in [0, 0.1) is 5.82 Å². The van der Waals surface area contributed by atoms with Crippen LogP contribution in [0.3, 0.4) is 0 Å². The Bertz CT molecular complexity index is 493. The number of anilines is 2. The van der Waals surface area contributed by atoms with Crippen LogP contribution < -0.4 is 15.8 Å². The minimum atomic E-state index is -0.500. The first-order chi connectivity index (χ1) is 9.02. The third-order valence-electron chi connectivity index (χ3n) is 3.16. The van der Waals surface area contributed by atoms with E-state index in [2.05, 4.69) is 5.32 Å². The summed E-state index contributed by atoms with van der Waals surface area (Å²) in [5.41, 5.74) is 6.56.